The lowest BCUT2D eigenvalue weighted by Gasteiger charge is -2.07. The Morgan fingerprint density at radius 3 is 3.00 bits per heavy atom. The predicted molar refractivity (Wildman–Crippen MR) is 78.3 cm³/mol. The van der Waals surface area contributed by atoms with Crippen molar-refractivity contribution >= 4 is 17.1 Å². The summed E-state index contributed by atoms with van der Waals surface area (Å²) in [6.45, 7) is 2.85. The topological polar surface area (TPSA) is 75.2 Å². The fourth-order valence-electron chi connectivity index (χ4n) is 2.51. The van der Waals surface area contributed by atoms with Gasteiger partial charge in [-0.1, -0.05) is 6.07 Å². The predicted octanol–water partition coefficient (Wildman–Crippen LogP) is 2.10. The molecule has 3 aromatic rings. The number of rotatable bonds is 2. The van der Waals surface area contributed by atoms with Crippen molar-refractivity contribution in [2.24, 2.45) is 0 Å². The minimum Gasteiger partial charge on any atom is -0.454 e. The highest BCUT2D eigenvalue weighted by molar-refractivity contribution is 5.74. The summed E-state index contributed by atoms with van der Waals surface area (Å²) in [6, 6.07) is 7.84. The Balaban J connectivity index is 1.75. The van der Waals surface area contributed by atoms with Crippen LogP contribution < -0.4 is 15.2 Å². The van der Waals surface area contributed by atoms with Crippen molar-refractivity contribution < 1.29 is 9.47 Å². The standard InChI is InChI=1S/C15H14N4O2/c1-9-4-11-14(17-6-9)19(15(16)18-11)7-10-2-3-12-13(5-10)21-8-20-12/h2-6H,7-8H2,1H3,(H2,16,18). The van der Waals surface area contributed by atoms with E-state index in [1.807, 2.05) is 42.0 Å². The molecule has 0 fully saturated rings. The quantitative estimate of drug-likeness (QED) is 0.779. The molecule has 1 aliphatic heterocycles. The maximum atomic E-state index is 6.02. The molecule has 0 aliphatic carbocycles. The Kier molecular flexibility index (Phi) is 2.50. The van der Waals surface area contributed by atoms with Gasteiger partial charge in [0, 0.05) is 6.20 Å². The molecule has 2 N–H and O–H groups in total. The average Bonchev–Trinajstić information content (AvgIpc) is 3.03. The molecular weight excluding hydrogens is 268 g/mol. The summed E-state index contributed by atoms with van der Waals surface area (Å²) in [6.07, 6.45) is 1.82. The zero-order chi connectivity index (χ0) is 14.4. The van der Waals surface area contributed by atoms with Crippen LogP contribution in [0, 0.1) is 6.92 Å². The molecule has 0 spiro atoms. The van der Waals surface area contributed by atoms with E-state index in [2.05, 4.69) is 9.97 Å². The number of nitrogens with zero attached hydrogens (tertiary/aromatic N) is 3. The molecule has 6 heteroatoms. The third kappa shape index (κ3) is 1.96. The van der Waals surface area contributed by atoms with Gasteiger partial charge < -0.3 is 15.2 Å². The molecular formula is C15H14N4O2. The van der Waals surface area contributed by atoms with E-state index < -0.39 is 0 Å². The molecule has 3 heterocycles. The van der Waals surface area contributed by atoms with Crippen molar-refractivity contribution in [3.05, 3.63) is 41.6 Å². The molecule has 0 amide bonds. The van der Waals surface area contributed by atoms with Gasteiger partial charge >= 0.3 is 0 Å². The Morgan fingerprint density at radius 1 is 1.24 bits per heavy atom. The molecule has 0 unspecified atom stereocenters. The van der Waals surface area contributed by atoms with Crippen LogP contribution in [0.1, 0.15) is 11.1 Å². The third-order valence-electron chi connectivity index (χ3n) is 3.53. The van der Waals surface area contributed by atoms with Crippen molar-refractivity contribution in [3.8, 4) is 11.5 Å². The molecule has 0 saturated carbocycles. The van der Waals surface area contributed by atoms with Crippen molar-refractivity contribution in [1.82, 2.24) is 14.5 Å². The molecule has 0 saturated heterocycles. The highest BCUT2D eigenvalue weighted by atomic mass is 16.7. The van der Waals surface area contributed by atoms with E-state index in [1.165, 1.54) is 0 Å². The number of imidazole rings is 1. The smallest absolute Gasteiger partial charge is 0.231 e. The minimum atomic E-state index is 0.274. The number of fused-ring (bicyclic) bond motifs is 2. The average molecular weight is 282 g/mol. The minimum absolute atomic E-state index is 0.274. The van der Waals surface area contributed by atoms with Gasteiger partial charge in [-0.3, -0.25) is 4.57 Å². The second kappa shape index (κ2) is 4.37. The normalized spacial score (nSPS) is 13.0. The van der Waals surface area contributed by atoms with Gasteiger partial charge in [0.2, 0.25) is 12.7 Å². The number of pyridine rings is 1. The first-order valence-electron chi connectivity index (χ1n) is 6.67. The first-order valence-corrected chi connectivity index (χ1v) is 6.67. The van der Waals surface area contributed by atoms with Gasteiger partial charge in [-0.05, 0) is 36.2 Å². The van der Waals surface area contributed by atoms with E-state index in [4.69, 9.17) is 15.2 Å². The SMILES string of the molecule is Cc1cnc2c(c1)nc(N)n2Cc1ccc2c(c1)OCO2. The molecule has 0 bridgehead atoms. The van der Waals surface area contributed by atoms with Crippen molar-refractivity contribution in [2.45, 2.75) is 13.5 Å². The second-order valence-electron chi connectivity index (χ2n) is 5.10. The summed E-state index contributed by atoms with van der Waals surface area (Å²) in [5.41, 5.74) is 9.75. The van der Waals surface area contributed by atoms with E-state index >= 15 is 0 Å². The van der Waals surface area contributed by atoms with Gasteiger partial charge in [-0.2, -0.15) is 0 Å². The van der Waals surface area contributed by atoms with Gasteiger partial charge in [0.15, 0.2) is 17.1 Å². The Hall–Kier alpha value is -2.76. The number of aryl methyl sites for hydroxylation is 1. The van der Waals surface area contributed by atoms with Gasteiger partial charge in [0.05, 0.1) is 6.54 Å². The summed E-state index contributed by atoms with van der Waals surface area (Å²) in [5.74, 6) is 2.00. The number of aromatic nitrogens is 3. The van der Waals surface area contributed by atoms with Crippen LogP contribution in [0.25, 0.3) is 11.2 Å². The van der Waals surface area contributed by atoms with Crippen LogP contribution in [0.4, 0.5) is 5.95 Å². The first kappa shape index (κ1) is 12.0. The zero-order valence-electron chi connectivity index (χ0n) is 11.5. The lowest BCUT2D eigenvalue weighted by atomic mass is 10.2. The molecule has 21 heavy (non-hydrogen) atoms. The van der Waals surface area contributed by atoms with Crippen molar-refractivity contribution in [3.63, 3.8) is 0 Å². The van der Waals surface area contributed by atoms with Crippen molar-refractivity contribution in [2.75, 3.05) is 12.5 Å². The second-order valence-corrected chi connectivity index (χ2v) is 5.10. The Labute approximate surface area is 121 Å². The number of hydrogen-bond donors (Lipinski definition) is 1. The summed E-state index contributed by atoms with van der Waals surface area (Å²) in [7, 11) is 0. The van der Waals surface area contributed by atoms with Crippen LogP contribution in [-0.4, -0.2) is 21.3 Å². The molecule has 6 nitrogen and oxygen atoms in total. The van der Waals surface area contributed by atoms with Crippen LogP contribution in [0.2, 0.25) is 0 Å². The Morgan fingerprint density at radius 2 is 2.10 bits per heavy atom. The summed E-state index contributed by atoms with van der Waals surface area (Å²) in [5, 5.41) is 0. The van der Waals surface area contributed by atoms with E-state index in [0.717, 1.165) is 33.8 Å². The van der Waals surface area contributed by atoms with Crippen LogP contribution in [-0.2, 0) is 6.54 Å². The summed E-state index contributed by atoms with van der Waals surface area (Å²) >= 11 is 0. The van der Waals surface area contributed by atoms with E-state index in [1.54, 1.807) is 0 Å². The van der Waals surface area contributed by atoms with Gasteiger partial charge in [0.1, 0.15) is 5.52 Å². The van der Waals surface area contributed by atoms with Crippen LogP contribution in [0.3, 0.4) is 0 Å². The molecule has 2 aromatic heterocycles. The maximum Gasteiger partial charge on any atom is 0.231 e. The highest BCUT2D eigenvalue weighted by Crippen LogP contribution is 2.33. The van der Waals surface area contributed by atoms with Crippen LogP contribution in [0.15, 0.2) is 30.5 Å². The lowest BCUT2D eigenvalue weighted by molar-refractivity contribution is 0.174. The molecule has 106 valence electrons. The molecule has 1 aliphatic rings. The van der Waals surface area contributed by atoms with E-state index in [9.17, 15) is 0 Å². The number of benzene rings is 1. The van der Waals surface area contributed by atoms with E-state index in [-0.39, 0.29) is 6.79 Å². The first-order chi connectivity index (χ1) is 10.2. The number of anilines is 1. The number of ether oxygens (including phenoxy) is 2. The largest absolute Gasteiger partial charge is 0.454 e. The van der Waals surface area contributed by atoms with Crippen LogP contribution in [0.5, 0.6) is 11.5 Å². The van der Waals surface area contributed by atoms with Crippen LogP contribution >= 0.6 is 0 Å². The highest BCUT2D eigenvalue weighted by Gasteiger charge is 2.15. The van der Waals surface area contributed by atoms with Gasteiger partial charge in [0.25, 0.3) is 0 Å². The fraction of sp³-hybridized carbons (Fsp3) is 0.200. The summed E-state index contributed by atoms with van der Waals surface area (Å²) < 4.78 is 12.6. The number of nitrogen functional groups attached to an aromatic ring is 1. The van der Waals surface area contributed by atoms with Gasteiger partial charge in [-0.25, -0.2) is 9.97 Å². The molecule has 1 aromatic carbocycles. The Bertz CT molecular complexity index is 841. The fourth-order valence-corrected chi connectivity index (χ4v) is 2.51. The third-order valence-corrected chi connectivity index (χ3v) is 3.53. The maximum absolute atomic E-state index is 6.02. The van der Waals surface area contributed by atoms with Gasteiger partial charge in [-0.15, -0.1) is 0 Å². The van der Waals surface area contributed by atoms with E-state index in [0.29, 0.717) is 12.5 Å². The molecule has 0 atom stereocenters. The molecule has 0 radical (unpaired) electrons. The zero-order valence-corrected chi connectivity index (χ0v) is 11.5. The summed E-state index contributed by atoms with van der Waals surface area (Å²) in [4.78, 5) is 8.80. The molecule has 4 rings (SSSR count). The van der Waals surface area contributed by atoms with Crippen molar-refractivity contribution in [1.29, 1.82) is 0 Å². The monoisotopic (exact) mass is 282 g/mol. The number of nitrogens with two attached hydrogens (primary N) is 1. The number of hydrogen-bond acceptors (Lipinski definition) is 5. The lowest BCUT2D eigenvalue weighted by Crippen LogP contribution is -2.05.